The van der Waals surface area contributed by atoms with Crippen LogP contribution in [0, 0.1) is 18.7 Å². The minimum absolute atomic E-state index is 0.0333. The number of carbonyl (C=O) groups is 1. The molecule has 1 fully saturated rings. The monoisotopic (exact) mass is 287 g/mol. The molecule has 5 nitrogen and oxygen atoms in total. The maximum atomic E-state index is 13.0. The first-order chi connectivity index (χ1) is 8.80. The Bertz CT molecular complexity index is 608. The van der Waals surface area contributed by atoms with Gasteiger partial charge in [-0.15, -0.1) is 0 Å². The Balaban J connectivity index is 2.14. The van der Waals surface area contributed by atoms with Crippen LogP contribution in [0.25, 0.3) is 0 Å². The van der Waals surface area contributed by atoms with Crippen molar-refractivity contribution in [3.05, 3.63) is 29.6 Å². The molecule has 0 aromatic heterocycles. The summed E-state index contributed by atoms with van der Waals surface area (Å²) < 4.78 is 38.7. The van der Waals surface area contributed by atoms with Crippen molar-refractivity contribution < 1.29 is 22.7 Å². The van der Waals surface area contributed by atoms with E-state index in [1.165, 1.54) is 23.4 Å². The zero-order valence-electron chi connectivity index (χ0n) is 10.3. The molecule has 0 atom stereocenters. The van der Waals surface area contributed by atoms with Gasteiger partial charge in [0, 0.05) is 13.1 Å². The molecule has 1 aliphatic rings. The standard InChI is InChI=1S/C12H14FNO4S/c1-8-4-10(13)2-3-11(8)19(17,18)14-6-9(7-14)5-12(15)16/h2-4,9H,5-7H2,1H3,(H,15,16). The van der Waals surface area contributed by atoms with Crippen molar-refractivity contribution in [3.63, 3.8) is 0 Å². The lowest BCUT2D eigenvalue weighted by Gasteiger charge is -2.37. The Kier molecular flexibility index (Phi) is 3.60. The second-order valence-corrected chi connectivity index (χ2v) is 6.60. The van der Waals surface area contributed by atoms with E-state index < -0.39 is 21.8 Å². The van der Waals surface area contributed by atoms with Gasteiger partial charge in [-0.3, -0.25) is 4.79 Å². The number of rotatable bonds is 4. The highest BCUT2D eigenvalue weighted by Crippen LogP contribution is 2.28. The highest BCUT2D eigenvalue weighted by molar-refractivity contribution is 7.89. The molecule has 2 rings (SSSR count). The number of halogens is 1. The van der Waals surface area contributed by atoms with Gasteiger partial charge in [-0.1, -0.05) is 0 Å². The van der Waals surface area contributed by atoms with Gasteiger partial charge in [0.2, 0.25) is 10.0 Å². The van der Waals surface area contributed by atoms with Crippen LogP contribution in [0.4, 0.5) is 4.39 Å². The number of aliphatic carboxylic acids is 1. The van der Waals surface area contributed by atoms with E-state index in [0.717, 1.165) is 6.07 Å². The molecule has 1 saturated heterocycles. The van der Waals surface area contributed by atoms with Crippen LogP contribution >= 0.6 is 0 Å². The third-order valence-electron chi connectivity index (χ3n) is 3.14. The number of hydrogen-bond acceptors (Lipinski definition) is 3. The fraction of sp³-hybridized carbons (Fsp3) is 0.417. The second-order valence-electron chi connectivity index (χ2n) is 4.70. The predicted molar refractivity (Wildman–Crippen MR) is 65.6 cm³/mol. The summed E-state index contributed by atoms with van der Waals surface area (Å²) in [4.78, 5) is 10.6. The molecule has 1 heterocycles. The molecule has 0 bridgehead atoms. The van der Waals surface area contributed by atoms with Crippen LogP contribution in [0.15, 0.2) is 23.1 Å². The molecule has 19 heavy (non-hydrogen) atoms. The summed E-state index contributed by atoms with van der Waals surface area (Å²) in [7, 11) is -3.64. The molecule has 1 N–H and O–H groups in total. The smallest absolute Gasteiger partial charge is 0.303 e. The Morgan fingerprint density at radius 1 is 1.47 bits per heavy atom. The maximum Gasteiger partial charge on any atom is 0.303 e. The lowest BCUT2D eigenvalue weighted by Crippen LogP contribution is -2.50. The summed E-state index contributed by atoms with van der Waals surface area (Å²) in [6, 6.07) is 3.51. The Morgan fingerprint density at radius 2 is 2.11 bits per heavy atom. The van der Waals surface area contributed by atoms with Crippen molar-refractivity contribution in [1.29, 1.82) is 0 Å². The molecule has 7 heteroatoms. The van der Waals surface area contributed by atoms with Crippen LogP contribution < -0.4 is 0 Å². The number of sulfonamides is 1. The van der Waals surface area contributed by atoms with E-state index in [4.69, 9.17) is 5.11 Å². The zero-order valence-corrected chi connectivity index (χ0v) is 11.2. The van der Waals surface area contributed by atoms with Crippen molar-refractivity contribution >= 4 is 16.0 Å². The molecular formula is C12H14FNO4S. The third kappa shape index (κ3) is 2.76. The van der Waals surface area contributed by atoms with Gasteiger partial charge in [-0.2, -0.15) is 4.31 Å². The van der Waals surface area contributed by atoms with E-state index in [0.29, 0.717) is 5.56 Å². The van der Waals surface area contributed by atoms with Gasteiger partial charge >= 0.3 is 5.97 Å². The summed E-state index contributed by atoms with van der Waals surface area (Å²) in [6.45, 7) is 1.93. The molecule has 0 aliphatic carbocycles. The van der Waals surface area contributed by atoms with Crippen molar-refractivity contribution in [1.82, 2.24) is 4.31 Å². The van der Waals surface area contributed by atoms with Gasteiger partial charge < -0.3 is 5.11 Å². The molecule has 0 amide bonds. The summed E-state index contributed by atoms with van der Waals surface area (Å²) in [5, 5.41) is 8.62. The van der Waals surface area contributed by atoms with E-state index in [1.54, 1.807) is 0 Å². The van der Waals surface area contributed by atoms with E-state index in [9.17, 15) is 17.6 Å². The number of benzene rings is 1. The molecule has 1 aromatic rings. The van der Waals surface area contributed by atoms with Gasteiger partial charge in [0.15, 0.2) is 0 Å². The van der Waals surface area contributed by atoms with E-state index in [2.05, 4.69) is 0 Å². The average molecular weight is 287 g/mol. The largest absolute Gasteiger partial charge is 0.481 e. The number of carboxylic acids is 1. The highest BCUT2D eigenvalue weighted by Gasteiger charge is 2.38. The average Bonchev–Trinajstić information content (AvgIpc) is 2.21. The normalized spacial score (nSPS) is 17.2. The SMILES string of the molecule is Cc1cc(F)ccc1S(=O)(=O)N1CC(CC(=O)O)C1. The first-order valence-electron chi connectivity index (χ1n) is 5.79. The minimum atomic E-state index is -3.64. The number of nitrogens with zero attached hydrogens (tertiary/aromatic N) is 1. The molecule has 0 radical (unpaired) electrons. The molecule has 1 aliphatic heterocycles. The maximum absolute atomic E-state index is 13.0. The van der Waals surface area contributed by atoms with Crippen molar-refractivity contribution in [2.45, 2.75) is 18.2 Å². The first kappa shape index (κ1) is 14.0. The van der Waals surface area contributed by atoms with Crippen molar-refractivity contribution in [2.24, 2.45) is 5.92 Å². The molecular weight excluding hydrogens is 273 g/mol. The van der Waals surface area contributed by atoms with Gasteiger partial charge in [-0.05, 0) is 36.6 Å². The Hall–Kier alpha value is -1.47. The van der Waals surface area contributed by atoms with Gasteiger partial charge in [0.05, 0.1) is 11.3 Å². The minimum Gasteiger partial charge on any atom is -0.481 e. The Morgan fingerprint density at radius 3 is 2.63 bits per heavy atom. The van der Waals surface area contributed by atoms with Gasteiger partial charge in [-0.25, -0.2) is 12.8 Å². The first-order valence-corrected chi connectivity index (χ1v) is 7.23. The topological polar surface area (TPSA) is 74.7 Å². The summed E-state index contributed by atoms with van der Waals surface area (Å²) in [5.41, 5.74) is 0.349. The number of aryl methyl sites for hydroxylation is 1. The second kappa shape index (κ2) is 4.90. The summed E-state index contributed by atoms with van der Waals surface area (Å²) in [6.07, 6.45) is -0.0333. The van der Waals surface area contributed by atoms with Crippen LogP contribution in [-0.4, -0.2) is 36.9 Å². The lowest BCUT2D eigenvalue weighted by atomic mass is 10.00. The van der Waals surface area contributed by atoms with Crippen molar-refractivity contribution in [2.75, 3.05) is 13.1 Å². The number of hydrogen-bond donors (Lipinski definition) is 1. The predicted octanol–water partition coefficient (Wildman–Crippen LogP) is 1.23. The van der Waals surface area contributed by atoms with Crippen LogP contribution in [0.2, 0.25) is 0 Å². The lowest BCUT2D eigenvalue weighted by molar-refractivity contribution is -0.139. The molecule has 0 spiro atoms. The van der Waals surface area contributed by atoms with Gasteiger partial charge in [0.1, 0.15) is 5.82 Å². The summed E-state index contributed by atoms with van der Waals surface area (Å²) >= 11 is 0. The van der Waals surface area contributed by atoms with Gasteiger partial charge in [0.25, 0.3) is 0 Å². The third-order valence-corrected chi connectivity index (χ3v) is 5.13. The van der Waals surface area contributed by atoms with Crippen LogP contribution in [-0.2, 0) is 14.8 Å². The fourth-order valence-corrected chi connectivity index (χ4v) is 3.93. The van der Waals surface area contributed by atoms with Crippen LogP contribution in [0.3, 0.4) is 0 Å². The molecule has 1 aromatic carbocycles. The summed E-state index contributed by atoms with van der Waals surface area (Å²) in [5.74, 6) is -1.56. The van der Waals surface area contributed by atoms with Crippen molar-refractivity contribution in [3.8, 4) is 0 Å². The van der Waals surface area contributed by atoms with E-state index >= 15 is 0 Å². The van der Waals surface area contributed by atoms with Crippen LogP contribution in [0.5, 0.6) is 0 Å². The number of carboxylic acid groups (broad SMARTS) is 1. The molecule has 104 valence electrons. The quantitative estimate of drug-likeness (QED) is 0.903. The van der Waals surface area contributed by atoms with E-state index in [-0.39, 0.29) is 30.3 Å². The molecule has 0 unspecified atom stereocenters. The van der Waals surface area contributed by atoms with Crippen LogP contribution in [0.1, 0.15) is 12.0 Å². The van der Waals surface area contributed by atoms with E-state index in [1.807, 2.05) is 0 Å². The zero-order chi connectivity index (χ0) is 14.2. The molecule has 0 saturated carbocycles. The fourth-order valence-electron chi connectivity index (χ4n) is 2.14. The Labute approximate surface area is 110 Å². The highest BCUT2D eigenvalue weighted by atomic mass is 32.2.